The molecule has 4 unspecified atom stereocenters. The molecule has 0 radical (unpaired) electrons. The standard InChI is InChI=1S/C17H29NO3/c19-16-8-2-1-6-14(16)15-7-3-11-18(15)17(20)10-9-13-5-4-12-21-13/h13-16,19H,1-12H2. The van der Waals surface area contributed by atoms with Gasteiger partial charge in [0.25, 0.3) is 0 Å². The number of carbonyl (C=O) groups excluding carboxylic acids is 1. The van der Waals surface area contributed by atoms with Crippen LogP contribution in [-0.2, 0) is 9.53 Å². The molecule has 0 aromatic carbocycles. The van der Waals surface area contributed by atoms with E-state index in [0.29, 0.717) is 18.4 Å². The van der Waals surface area contributed by atoms with Crippen LogP contribution in [0.2, 0.25) is 0 Å². The van der Waals surface area contributed by atoms with Gasteiger partial charge in [-0.25, -0.2) is 0 Å². The van der Waals surface area contributed by atoms with Gasteiger partial charge in [0.05, 0.1) is 12.2 Å². The molecule has 1 saturated carbocycles. The molecule has 4 nitrogen and oxygen atoms in total. The summed E-state index contributed by atoms with van der Waals surface area (Å²) in [4.78, 5) is 14.6. The third-order valence-corrected chi connectivity index (χ3v) is 5.60. The van der Waals surface area contributed by atoms with Crippen molar-refractivity contribution in [2.75, 3.05) is 13.2 Å². The highest BCUT2D eigenvalue weighted by Crippen LogP contribution is 2.35. The first kappa shape index (κ1) is 15.3. The normalized spacial score (nSPS) is 37.1. The van der Waals surface area contributed by atoms with Gasteiger partial charge < -0.3 is 14.7 Å². The summed E-state index contributed by atoms with van der Waals surface area (Å²) >= 11 is 0. The van der Waals surface area contributed by atoms with Crippen molar-refractivity contribution in [3.8, 4) is 0 Å². The number of amides is 1. The van der Waals surface area contributed by atoms with E-state index in [4.69, 9.17) is 4.74 Å². The first-order valence-corrected chi connectivity index (χ1v) is 8.85. The summed E-state index contributed by atoms with van der Waals surface area (Å²) in [7, 11) is 0. The largest absolute Gasteiger partial charge is 0.393 e. The van der Waals surface area contributed by atoms with Gasteiger partial charge in [-0.05, 0) is 44.9 Å². The number of ether oxygens (including phenoxy) is 1. The van der Waals surface area contributed by atoms with Crippen LogP contribution in [0.3, 0.4) is 0 Å². The molecule has 3 fully saturated rings. The van der Waals surface area contributed by atoms with Crippen molar-refractivity contribution in [3.05, 3.63) is 0 Å². The lowest BCUT2D eigenvalue weighted by molar-refractivity contribution is -0.134. The van der Waals surface area contributed by atoms with Crippen molar-refractivity contribution in [2.45, 2.75) is 82.5 Å². The fourth-order valence-corrected chi connectivity index (χ4v) is 4.44. The molecule has 0 bridgehead atoms. The summed E-state index contributed by atoms with van der Waals surface area (Å²) in [5, 5.41) is 10.3. The highest BCUT2D eigenvalue weighted by atomic mass is 16.5. The molecular formula is C17H29NO3. The molecule has 2 saturated heterocycles. The number of hydrogen-bond donors (Lipinski definition) is 1. The minimum Gasteiger partial charge on any atom is -0.393 e. The Morgan fingerprint density at radius 3 is 2.71 bits per heavy atom. The van der Waals surface area contributed by atoms with Crippen LogP contribution in [0.1, 0.15) is 64.2 Å². The van der Waals surface area contributed by atoms with Gasteiger partial charge in [-0.3, -0.25) is 4.79 Å². The monoisotopic (exact) mass is 295 g/mol. The summed E-state index contributed by atoms with van der Waals surface area (Å²) in [5.74, 6) is 0.596. The SMILES string of the molecule is O=C(CCC1CCCO1)N1CCCC1C1CCCCC1O. The molecule has 2 aliphatic heterocycles. The second-order valence-electron chi connectivity index (χ2n) is 6.99. The third kappa shape index (κ3) is 3.59. The fourth-order valence-electron chi connectivity index (χ4n) is 4.44. The zero-order chi connectivity index (χ0) is 14.7. The molecule has 21 heavy (non-hydrogen) atoms. The third-order valence-electron chi connectivity index (χ3n) is 5.60. The van der Waals surface area contributed by atoms with Crippen LogP contribution in [0, 0.1) is 5.92 Å². The van der Waals surface area contributed by atoms with E-state index in [9.17, 15) is 9.90 Å². The van der Waals surface area contributed by atoms with E-state index in [2.05, 4.69) is 4.90 Å². The molecule has 1 N–H and O–H groups in total. The van der Waals surface area contributed by atoms with Gasteiger partial charge in [0.1, 0.15) is 0 Å². The van der Waals surface area contributed by atoms with E-state index in [1.54, 1.807) is 0 Å². The van der Waals surface area contributed by atoms with Crippen LogP contribution >= 0.6 is 0 Å². The summed E-state index contributed by atoms with van der Waals surface area (Å²) < 4.78 is 5.62. The lowest BCUT2D eigenvalue weighted by atomic mass is 9.80. The zero-order valence-electron chi connectivity index (χ0n) is 13.0. The van der Waals surface area contributed by atoms with Gasteiger partial charge in [0, 0.05) is 31.5 Å². The molecular weight excluding hydrogens is 266 g/mol. The first-order chi connectivity index (χ1) is 10.3. The van der Waals surface area contributed by atoms with E-state index < -0.39 is 0 Å². The second kappa shape index (κ2) is 7.10. The van der Waals surface area contributed by atoms with Crippen LogP contribution in [0.4, 0.5) is 0 Å². The van der Waals surface area contributed by atoms with Gasteiger partial charge >= 0.3 is 0 Å². The molecule has 4 heteroatoms. The molecule has 120 valence electrons. The van der Waals surface area contributed by atoms with E-state index >= 15 is 0 Å². The summed E-state index contributed by atoms with van der Waals surface area (Å²) in [5.41, 5.74) is 0. The van der Waals surface area contributed by atoms with Gasteiger partial charge in [0.15, 0.2) is 0 Å². The van der Waals surface area contributed by atoms with Crippen molar-refractivity contribution in [3.63, 3.8) is 0 Å². The van der Waals surface area contributed by atoms with E-state index in [1.165, 1.54) is 6.42 Å². The molecule has 2 heterocycles. The predicted octanol–water partition coefficient (Wildman–Crippen LogP) is 2.49. The Balaban J connectivity index is 1.53. The van der Waals surface area contributed by atoms with Crippen LogP contribution < -0.4 is 0 Å². The molecule has 0 spiro atoms. The zero-order valence-corrected chi connectivity index (χ0v) is 13.0. The molecule has 1 amide bonds. The van der Waals surface area contributed by atoms with Crippen LogP contribution in [0.5, 0.6) is 0 Å². The Morgan fingerprint density at radius 2 is 1.95 bits per heavy atom. The topological polar surface area (TPSA) is 49.8 Å². The Morgan fingerprint density at radius 1 is 1.10 bits per heavy atom. The summed E-state index contributed by atoms with van der Waals surface area (Å²) in [6.45, 7) is 1.75. The molecule has 0 aromatic rings. The maximum Gasteiger partial charge on any atom is 0.222 e. The average Bonchev–Trinajstić information content (AvgIpc) is 3.16. The van der Waals surface area contributed by atoms with Gasteiger partial charge in [-0.15, -0.1) is 0 Å². The minimum atomic E-state index is -0.199. The number of likely N-dealkylation sites (tertiary alicyclic amines) is 1. The van der Waals surface area contributed by atoms with Crippen molar-refractivity contribution in [1.29, 1.82) is 0 Å². The first-order valence-electron chi connectivity index (χ1n) is 8.85. The Labute approximate surface area is 127 Å². The Kier molecular flexibility index (Phi) is 5.17. The van der Waals surface area contributed by atoms with Gasteiger partial charge in [-0.1, -0.05) is 12.8 Å². The maximum absolute atomic E-state index is 12.6. The molecule has 0 aromatic heterocycles. The molecule has 3 rings (SSSR count). The predicted molar refractivity (Wildman–Crippen MR) is 80.9 cm³/mol. The van der Waals surface area contributed by atoms with Gasteiger partial charge in [-0.2, -0.15) is 0 Å². The minimum absolute atomic E-state index is 0.199. The van der Waals surface area contributed by atoms with Crippen molar-refractivity contribution < 1.29 is 14.6 Å². The summed E-state index contributed by atoms with van der Waals surface area (Å²) in [6, 6.07) is 0.289. The van der Waals surface area contributed by atoms with Crippen LogP contribution in [0.25, 0.3) is 0 Å². The maximum atomic E-state index is 12.6. The Hall–Kier alpha value is -0.610. The number of nitrogens with zero attached hydrogens (tertiary/aromatic N) is 1. The molecule has 4 atom stereocenters. The quantitative estimate of drug-likeness (QED) is 0.867. The van der Waals surface area contributed by atoms with E-state index in [1.807, 2.05) is 0 Å². The number of carbonyl (C=O) groups is 1. The summed E-state index contributed by atoms with van der Waals surface area (Å²) in [6.07, 6.45) is 10.4. The molecule has 3 aliphatic rings. The van der Waals surface area contributed by atoms with Crippen molar-refractivity contribution in [1.82, 2.24) is 4.90 Å². The van der Waals surface area contributed by atoms with Crippen molar-refractivity contribution in [2.24, 2.45) is 5.92 Å². The lowest BCUT2D eigenvalue weighted by Crippen LogP contribution is -2.45. The molecule has 1 aliphatic carbocycles. The number of aliphatic hydroxyl groups excluding tert-OH is 1. The van der Waals surface area contributed by atoms with Gasteiger partial charge in [0.2, 0.25) is 5.91 Å². The van der Waals surface area contributed by atoms with Crippen LogP contribution in [-0.4, -0.2) is 47.3 Å². The van der Waals surface area contributed by atoms with E-state index in [0.717, 1.165) is 64.5 Å². The van der Waals surface area contributed by atoms with E-state index in [-0.39, 0.29) is 18.1 Å². The number of rotatable bonds is 4. The highest BCUT2D eigenvalue weighted by Gasteiger charge is 2.38. The number of hydrogen-bond acceptors (Lipinski definition) is 3. The number of aliphatic hydroxyl groups is 1. The highest BCUT2D eigenvalue weighted by molar-refractivity contribution is 5.76. The lowest BCUT2D eigenvalue weighted by Gasteiger charge is -2.37. The van der Waals surface area contributed by atoms with Crippen LogP contribution in [0.15, 0.2) is 0 Å². The smallest absolute Gasteiger partial charge is 0.222 e. The van der Waals surface area contributed by atoms with Crippen molar-refractivity contribution >= 4 is 5.91 Å². The Bertz CT molecular complexity index is 354. The second-order valence-corrected chi connectivity index (χ2v) is 6.99. The fraction of sp³-hybridized carbons (Fsp3) is 0.941. The average molecular weight is 295 g/mol.